The van der Waals surface area contributed by atoms with Crippen molar-refractivity contribution in [2.45, 2.75) is 30.5 Å². The summed E-state index contributed by atoms with van der Waals surface area (Å²) in [7, 11) is 0. The maximum atomic E-state index is 13.2. The molecule has 0 aliphatic carbocycles. The molecule has 2 amide bonds. The van der Waals surface area contributed by atoms with E-state index in [2.05, 4.69) is 11.1 Å². The van der Waals surface area contributed by atoms with Gasteiger partial charge in [-0.1, -0.05) is 41.6 Å². The maximum Gasteiger partial charge on any atom is 0.247 e. The van der Waals surface area contributed by atoms with Crippen LogP contribution in [0.2, 0.25) is 0 Å². The third-order valence-electron chi connectivity index (χ3n) is 5.52. The highest BCUT2D eigenvalue weighted by Gasteiger charge is 2.41. The SMILES string of the molecule is CCOc1ccc(N2C(=O)CC(Sc3nc(N)c(C#N)c(-c4ccc(C)cc4)c3C#N)C2=O)cc1. The van der Waals surface area contributed by atoms with E-state index in [4.69, 9.17) is 10.5 Å². The Morgan fingerprint density at radius 1 is 1.09 bits per heavy atom. The van der Waals surface area contributed by atoms with Gasteiger partial charge in [0.15, 0.2) is 0 Å². The summed E-state index contributed by atoms with van der Waals surface area (Å²) < 4.78 is 5.42. The van der Waals surface area contributed by atoms with Crippen molar-refractivity contribution in [2.75, 3.05) is 17.2 Å². The molecule has 1 aromatic heterocycles. The Morgan fingerprint density at radius 3 is 2.34 bits per heavy atom. The highest BCUT2D eigenvalue weighted by atomic mass is 32.2. The Hall–Kier alpha value is -4.34. The zero-order valence-electron chi connectivity index (χ0n) is 19.1. The lowest BCUT2D eigenvalue weighted by molar-refractivity contribution is -0.121. The first-order valence-corrected chi connectivity index (χ1v) is 11.7. The molecule has 2 aromatic carbocycles. The molecule has 8 nitrogen and oxygen atoms in total. The van der Waals surface area contributed by atoms with Crippen molar-refractivity contribution in [1.82, 2.24) is 4.98 Å². The topological polar surface area (TPSA) is 133 Å². The van der Waals surface area contributed by atoms with E-state index in [-0.39, 0.29) is 34.3 Å². The summed E-state index contributed by atoms with van der Waals surface area (Å²) in [5.41, 5.74) is 8.80. The monoisotopic (exact) mass is 483 g/mol. The van der Waals surface area contributed by atoms with Crippen LogP contribution < -0.4 is 15.4 Å². The van der Waals surface area contributed by atoms with Gasteiger partial charge < -0.3 is 10.5 Å². The largest absolute Gasteiger partial charge is 0.494 e. The normalized spacial score (nSPS) is 15.1. The van der Waals surface area contributed by atoms with Crippen LogP contribution in [0.4, 0.5) is 11.5 Å². The number of nitrogens with zero attached hydrogens (tertiary/aromatic N) is 4. The standard InChI is InChI=1S/C26H21N5O3S/c1-3-34-18-10-8-17(9-11-18)31-22(32)12-21(26(31)33)35-25-20(14-28)23(19(13-27)24(29)30-25)16-6-4-15(2)5-7-16/h4-11,21H,3,12H2,1-2H3,(H2,29,30). The highest BCUT2D eigenvalue weighted by molar-refractivity contribution is 8.00. The van der Waals surface area contributed by atoms with Crippen LogP contribution in [0, 0.1) is 29.6 Å². The molecule has 9 heteroatoms. The number of aryl methyl sites for hydroxylation is 1. The number of carbonyl (C=O) groups excluding carboxylic acids is 2. The Morgan fingerprint density at radius 2 is 1.74 bits per heavy atom. The second-order valence-corrected chi connectivity index (χ2v) is 9.01. The molecule has 1 atom stereocenters. The quantitative estimate of drug-likeness (QED) is 0.516. The van der Waals surface area contributed by atoms with Gasteiger partial charge in [0.1, 0.15) is 34.3 Å². The van der Waals surface area contributed by atoms with Crippen LogP contribution in [0.25, 0.3) is 11.1 Å². The van der Waals surface area contributed by atoms with E-state index in [9.17, 15) is 20.1 Å². The lowest BCUT2D eigenvalue weighted by Crippen LogP contribution is -2.31. The number of rotatable bonds is 6. The van der Waals surface area contributed by atoms with Gasteiger partial charge in [0.25, 0.3) is 0 Å². The predicted octanol–water partition coefficient (Wildman–Crippen LogP) is 4.21. The fourth-order valence-electron chi connectivity index (χ4n) is 3.85. The Bertz CT molecular complexity index is 1390. The van der Waals surface area contributed by atoms with E-state index in [0.29, 0.717) is 29.2 Å². The van der Waals surface area contributed by atoms with Gasteiger partial charge in [0.2, 0.25) is 11.8 Å². The van der Waals surface area contributed by atoms with E-state index >= 15 is 0 Å². The number of benzene rings is 2. The van der Waals surface area contributed by atoms with Crippen molar-refractivity contribution in [2.24, 2.45) is 0 Å². The van der Waals surface area contributed by atoms with Crippen LogP contribution in [0.3, 0.4) is 0 Å². The molecule has 35 heavy (non-hydrogen) atoms. The Balaban J connectivity index is 1.69. The summed E-state index contributed by atoms with van der Waals surface area (Å²) >= 11 is 1.01. The number of amides is 2. The second-order valence-electron chi connectivity index (χ2n) is 7.82. The molecule has 1 fully saturated rings. The molecule has 0 radical (unpaired) electrons. The first kappa shape index (κ1) is 23.8. The lowest BCUT2D eigenvalue weighted by Gasteiger charge is -2.17. The number of pyridine rings is 1. The summed E-state index contributed by atoms with van der Waals surface area (Å²) in [5, 5.41) is 19.1. The maximum absolute atomic E-state index is 13.2. The number of imide groups is 1. The molecule has 0 spiro atoms. The number of ether oxygens (including phenoxy) is 1. The van der Waals surface area contributed by atoms with Crippen LogP contribution in [0.5, 0.6) is 5.75 Å². The first-order valence-electron chi connectivity index (χ1n) is 10.8. The average Bonchev–Trinajstić information content (AvgIpc) is 3.12. The molecule has 174 valence electrons. The molecule has 4 rings (SSSR count). The van der Waals surface area contributed by atoms with E-state index in [1.54, 1.807) is 36.4 Å². The molecule has 3 aromatic rings. The van der Waals surface area contributed by atoms with Crippen molar-refractivity contribution in [3.05, 3.63) is 65.2 Å². The number of anilines is 2. The van der Waals surface area contributed by atoms with E-state index < -0.39 is 11.2 Å². The van der Waals surface area contributed by atoms with Crippen LogP contribution in [0.15, 0.2) is 53.6 Å². The summed E-state index contributed by atoms with van der Waals surface area (Å²) in [6.07, 6.45) is -0.0525. The number of nitriles is 2. The molecule has 0 bridgehead atoms. The molecule has 1 aliphatic rings. The number of thioether (sulfide) groups is 1. The molecule has 2 heterocycles. The minimum atomic E-state index is -0.785. The zero-order chi connectivity index (χ0) is 25.1. The van der Waals surface area contributed by atoms with E-state index in [0.717, 1.165) is 22.2 Å². The third-order valence-corrected chi connectivity index (χ3v) is 6.69. The van der Waals surface area contributed by atoms with Crippen molar-refractivity contribution in [3.63, 3.8) is 0 Å². The summed E-state index contributed by atoms with van der Waals surface area (Å²) in [6.45, 7) is 4.31. The summed E-state index contributed by atoms with van der Waals surface area (Å²) in [4.78, 5) is 31.3. The zero-order valence-corrected chi connectivity index (χ0v) is 19.9. The average molecular weight is 484 g/mol. The third kappa shape index (κ3) is 4.54. The highest BCUT2D eigenvalue weighted by Crippen LogP contribution is 2.40. The molecule has 2 N–H and O–H groups in total. The minimum absolute atomic E-state index is 0.0373. The van der Waals surface area contributed by atoms with Crippen molar-refractivity contribution in [1.29, 1.82) is 10.5 Å². The second kappa shape index (κ2) is 9.88. The van der Waals surface area contributed by atoms with Crippen molar-refractivity contribution >= 4 is 35.1 Å². The summed E-state index contributed by atoms with van der Waals surface area (Å²) in [6, 6.07) is 18.2. The first-order chi connectivity index (χ1) is 16.9. The fraction of sp³-hybridized carbons (Fsp3) is 0.192. The van der Waals surface area contributed by atoms with Crippen molar-refractivity contribution in [3.8, 4) is 29.0 Å². The molecule has 1 aliphatic heterocycles. The van der Waals surface area contributed by atoms with Gasteiger partial charge >= 0.3 is 0 Å². The smallest absolute Gasteiger partial charge is 0.247 e. The Labute approximate surface area is 206 Å². The van der Waals surface area contributed by atoms with Gasteiger partial charge in [-0.25, -0.2) is 9.88 Å². The lowest BCUT2D eigenvalue weighted by atomic mass is 9.96. The molecular weight excluding hydrogens is 462 g/mol. The molecule has 0 saturated carbocycles. The number of hydrogen-bond donors (Lipinski definition) is 1. The van der Waals surface area contributed by atoms with E-state index in [1.807, 2.05) is 32.0 Å². The van der Waals surface area contributed by atoms with Crippen LogP contribution >= 0.6 is 11.8 Å². The van der Waals surface area contributed by atoms with Gasteiger partial charge in [-0.3, -0.25) is 9.59 Å². The van der Waals surface area contributed by atoms with Gasteiger partial charge in [0.05, 0.1) is 23.1 Å². The minimum Gasteiger partial charge on any atom is -0.494 e. The van der Waals surface area contributed by atoms with Crippen LogP contribution in [0.1, 0.15) is 30.0 Å². The Kier molecular flexibility index (Phi) is 6.72. The van der Waals surface area contributed by atoms with Gasteiger partial charge in [-0.15, -0.1) is 0 Å². The van der Waals surface area contributed by atoms with Crippen LogP contribution in [-0.2, 0) is 9.59 Å². The summed E-state index contributed by atoms with van der Waals surface area (Å²) in [5.74, 6) is -0.157. The molecule has 1 unspecified atom stereocenters. The number of carbonyl (C=O) groups is 2. The van der Waals surface area contributed by atoms with Crippen LogP contribution in [-0.4, -0.2) is 28.7 Å². The van der Waals surface area contributed by atoms with Gasteiger partial charge in [0, 0.05) is 12.0 Å². The predicted molar refractivity (Wildman–Crippen MR) is 133 cm³/mol. The van der Waals surface area contributed by atoms with Crippen molar-refractivity contribution < 1.29 is 14.3 Å². The number of nitrogen functional groups attached to an aromatic ring is 1. The van der Waals surface area contributed by atoms with Gasteiger partial charge in [-0.2, -0.15) is 10.5 Å². The van der Waals surface area contributed by atoms with Gasteiger partial charge in [-0.05, 0) is 43.7 Å². The number of aromatic nitrogens is 1. The van der Waals surface area contributed by atoms with E-state index in [1.165, 1.54) is 0 Å². The molecular formula is C26H21N5O3S. The molecule has 1 saturated heterocycles. The number of hydrogen-bond acceptors (Lipinski definition) is 8. The number of nitrogens with two attached hydrogens (primary N) is 1. The fourth-order valence-corrected chi connectivity index (χ4v) is 4.97.